The van der Waals surface area contributed by atoms with Gasteiger partial charge in [-0.25, -0.2) is 4.79 Å². The molecule has 0 aliphatic carbocycles. The van der Waals surface area contributed by atoms with E-state index in [1.807, 2.05) is 65.6 Å². The maximum absolute atomic E-state index is 12.7. The number of amides is 1. The Bertz CT molecular complexity index is 1420. The van der Waals surface area contributed by atoms with Gasteiger partial charge in [-0.1, -0.05) is 36.4 Å². The first-order chi connectivity index (χ1) is 18.0. The van der Waals surface area contributed by atoms with Gasteiger partial charge in [0, 0.05) is 30.4 Å². The van der Waals surface area contributed by atoms with Crippen LogP contribution in [0.4, 0.5) is 5.69 Å². The number of benzene rings is 2. The molecule has 37 heavy (non-hydrogen) atoms. The minimum atomic E-state index is -1.01. The molecule has 1 fully saturated rings. The number of carbonyl (C=O) groups is 2. The highest BCUT2D eigenvalue weighted by Crippen LogP contribution is 2.40. The highest BCUT2D eigenvalue weighted by Gasteiger charge is 2.41. The van der Waals surface area contributed by atoms with Gasteiger partial charge in [0.15, 0.2) is 5.11 Å². The first kappa shape index (κ1) is 24.2. The highest BCUT2D eigenvalue weighted by atomic mass is 32.1. The smallest absolute Gasteiger partial charge is 0.335 e. The van der Waals surface area contributed by atoms with Gasteiger partial charge >= 0.3 is 5.97 Å². The van der Waals surface area contributed by atoms with Crippen molar-refractivity contribution in [3.63, 3.8) is 0 Å². The lowest BCUT2D eigenvalue weighted by molar-refractivity contribution is -0.116. The van der Waals surface area contributed by atoms with E-state index < -0.39 is 5.97 Å². The summed E-state index contributed by atoms with van der Waals surface area (Å²) in [5, 5.41) is 16.1. The van der Waals surface area contributed by atoms with Gasteiger partial charge in [0.1, 0.15) is 17.6 Å². The lowest BCUT2D eigenvalue weighted by Gasteiger charge is -2.25. The second-order valence-corrected chi connectivity index (χ2v) is 8.96. The fourth-order valence-corrected chi connectivity index (χ4v) is 4.73. The van der Waals surface area contributed by atoms with Gasteiger partial charge in [-0.05, 0) is 60.7 Å². The molecule has 2 aromatic heterocycles. The van der Waals surface area contributed by atoms with E-state index in [1.54, 1.807) is 24.4 Å². The fourth-order valence-electron chi connectivity index (χ4n) is 4.39. The molecule has 3 heterocycles. The van der Waals surface area contributed by atoms with Gasteiger partial charge in [0.05, 0.1) is 17.3 Å². The number of carbonyl (C=O) groups excluding carboxylic acids is 1. The number of carboxylic acids is 1. The topological polar surface area (TPSA) is 108 Å². The summed E-state index contributed by atoms with van der Waals surface area (Å²) in [6, 6.07) is 24.6. The average Bonchev–Trinajstić information content (AvgIpc) is 3.53. The first-order valence-corrected chi connectivity index (χ1v) is 12.2. The third-order valence-electron chi connectivity index (χ3n) is 6.15. The summed E-state index contributed by atoms with van der Waals surface area (Å²) in [5.41, 5.74) is 2.35. The molecule has 1 aliphatic rings. The lowest BCUT2D eigenvalue weighted by Crippen LogP contribution is -2.32. The van der Waals surface area contributed by atoms with Crippen LogP contribution >= 0.6 is 12.2 Å². The summed E-state index contributed by atoms with van der Waals surface area (Å²) in [5.74, 6) is 0.0356. The van der Waals surface area contributed by atoms with Crippen LogP contribution in [0.1, 0.15) is 40.3 Å². The Morgan fingerprint density at radius 2 is 1.84 bits per heavy atom. The predicted octanol–water partition coefficient (Wildman–Crippen LogP) is 5.04. The second-order valence-electron chi connectivity index (χ2n) is 8.57. The Morgan fingerprint density at radius 3 is 2.59 bits per heavy atom. The standard InChI is InChI=1S/C28H24N4O4S/c33-24(30-20-9-2-1-3-10-20)14-16-32-26(25(31-28(32)37)21-11-4-5-15-29-21)23-13-12-22(36-23)18-7-6-8-19(17-18)27(34)35/h1-13,15,17,25-26H,14,16H2,(H,30,33)(H,31,37)(H,34,35)/t25-,26+/m0/s1. The number of hydrogen-bond acceptors (Lipinski definition) is 5. The number of anilines is 1. The average molecular weight is 513 g/mol. The number of rotatable bonds is 8. The fraction of sp³-hybridized carbons (Fsp3) is 0.143. The molecule has 8 nitrogen and oxygen atoms in total. The number of thiocarbonyl (C=S) groups is 1. The zero-order valence-corrected chi connectivity index (χ0v) is 20.5. The summed E-state index contributed by atoms with van der Waals surface area (Å²) in [6.45, 7) is 0.364. The molecule has 5 rings (SSSR count). The van der Waals surface area contributed by atoms with Crippen molar-refractivity contribution >= 4 is 34.9 Å². The second kappa shape index (κ2) is 10.6. The maximum atomic E-state index is 12.7. The maximum Gasteiger partial charge on any atom is 0.335 e. The SMILES string of the molecule is O=C(CCN1C(=S)N[C@@H](c2ccccn2)[C@H]1c1ccc(-c2cccc(C(=O)O)c2)o1)Nc1ccccc1. The molecule has 1 saturated heterocycles. The monoisotopic (exact) mass is 512 g/mol. The van der Waals surface area contributed by atoms with E-state index in [2.05, 4.69) is 15.6 Å². The Balaban J connectivity index is 1.42. The molecule has 4 aromatic rings. The minimum Gasteiger partial charge on any atom is -0.478 e. The number of furan rings is 1. The van der Waals surface area contributed by atoms with Crippen molar-refractivity contribution in [2.45, 2.75) is 18.5 Å². The molecule has 1 amide bonds. The van der Waals surface area contributed by atoms with Gasteiger partial charge in [-0.15, -0.1) is 0 Å². The number of pyridine rings is 1. The van der Waals surface area contributed by atoms with Crippen LogP contribution in [0.2, 0.25) is 0 Å². The Hall–Kier alpha value is -4.50. The zero-order valence-electron chi connectivity index (χ0n) is 19.7. The molecular weight excluding hydrogens is 488 g/mol. The van der Waals surface area contributed by atoms with Gasteiger partial charge in [-0.3, -0.25) is 9.78 Å². The predicted molar refractivity (Wildman–Crippen MR) is 143 cm³/mol. The molecule has 2 atom stereocenters. The number of para-hydroxylation sites is 1. The highest BCUT2D eigenvalue weighted by molar-refractivity contribution is 7.80. The largest absolute Gasteiger partial charge is 0.478 e. The summed E-state index contributed by atoms with van der Waals surface area (Å²) < 4.78 is 6.26. The summed E-state index contributed by atoms with van der Waals surface area (Å²) in [4.78, 5) is 30.5. The van der Waals surface area contributed by atoms with E-state index in [0.29, 0.717) is 28.7 Å². The van der Waals surface area contributed by atoms with Gasteiger partial charge < -0.3 is 25.1 Å². The van der Waals surface area contributed by atoms with E-state index in [9.17, 15) is 14.7 Å². The molecule has 0 bridgehead atoms. The van der Waals surface area contributed by atoms with Crippen LogP contribution in [0.25, 0.3) is 11.3 Å². The van der Waals surface area contributed by atoms with Crippen LogP contribution in [-0.4, -0.2) is 38.5 Å². The van der Waals surface area contributed by atoms with Crippen LogP contribution in [0.15, 0.2) is 95.5 Å². The van der Waals surface area contributed by atoms with E-state index in [4.69, 9.17) is 16.6 Å². The van der Waals surface area contributed by atoms with Crippen molar-refractivity contribution in [1.29, 1.82) is 0 Å². The van der Waals surface area contributed by atoms with E-state index in [0.717, 1.165) is 11.4 Å². The molecule has 1 aliphatic heterocycles. The van der Waals surface area contributed by atoms with Crippen molar-refractivity contribution in [2.24, 2.45) is 0 Å². The third kappa shape index (κ3) is 5.36. The Morgan fingerprint density at radius 1 is 1.03 bits per heavy atom. The molecular formula is C28H24N4O4S. The van der Waals surface area contributed by atoms with Crippen molar-refractivity contribution in [1.82, 2.24) is 15.2 Å². The van der Waals surface area contributed by atoms with Crippen LogP contribution < -0.4 is 10.6 Å². The number of nitrogens with one attached hydrogen (secondary N) is 2. The molecule has 186 valence electrons. The molecule has 0 spiro atoms. The molecule has 9 heteroatoms. The van der Waals surface area contributed by atoms with Crippen molar-refractivity contribution in [2.75, 3.05) is 11.9 Å². The Labute approximate surface area is 219 Å². The van der Waals surface area contributed by atoms with Gasteiger partial charge in [0.25, 0.3) is 0 Å². The van der Waals surface area contributed by atoms with Gasteiger partial charge in [0.2, 0.25) is 5.91 Å². The molecule has 0 radical (unpaired) electrons. The number of carboxylic acid groups (broad SMARTS) is 1. The van der Waals surface area contributed by atoms with E-state index in [1.165, 1.54) is 6.07 Å². The van der Waals surface area contributed by atoms with E-state index >= 15 is 0 Å². The van der Waals surface area contributed by atoms with Crippen molar-refractivity contribution < 1.29 is 19.1 Å². The normalized spacial score (nSPS) is 16.9. The van der Waals surface area contributed by atoms with Crippen molar-refractivity contribution in [3.8, 4) is 11.3 Å². The molecule has 3 N–H and O–H groups in total. The summed E-state index contributed by atoms with van der Waals surface area (Å²) in [6.07, 6.45) is 1.94. The van der Waals surface area contributed by atoms with Crippen molar-refractivity contribution in [3.05, 3.63) is 108 Å². The lowest BCUT2D eigenvalue weighted by atomic mass is 10.0. The minimum absolute atomic E-state index is 0.125. The van der Waals surface area contributed by atoms with Crippen LogP contribution in [0, 0.1) is 0 Å². The Kier molecular flexibility index (Phi) is 6.96. The molecule has 2 aromatic carbocycles. The molecule has 0 unspecified atom stereocenters. The molecule has 0 saturated carbocycles. The van der Waals surface area contributed by atoms with Crippen LogP contribution in [0.3, 0.4) is 0 Å². The first-order valence-electron chi connectivity index (χ1n) is 11.8. The van der Waals surface area contributed by atoms with Gasteiger partial charge in [-0.2, -0.15) is 0 Å². The number of nitrogens with zero attached hydrogens (tertiary/aromatic N) is 2. The van der Waals surface area contributed by atoms with E-state index in [-0.39, 0.29) is 30.0 Å². The zero-order chi connectivity index (χ0) is 25.8. The summed E-state index contributed by atoms with van der Waals surface area (Å²) in [7, 11) is 0. The quantitative estimate of drug-likeness (QED) is 0.282. The summed E-state index contributed by atoms with van der Waals surface area (Å²) >= 11 is 5.67. The number of aromatic carboxylic acids is 1. The third-order valence-corrected chi connectivity index (χ3v) is 6.50. The number of hydrogen-bond donors (Lipinski definition) is 3. The number of aromatic nitrogens is 1. The van der Waals surface area contributed by atoms with Crippen LogP contribution in [0.5, 0.6) is 0 Å². The van der Waals surface area contributed by atoms with Crippen LogP contribution in [-0.2, 0) is 4.79 Å².